The summed E-state index contributed by atoms with van der Waals surface area (Å²) < 4.78 is 2.83. The van der Waals surface area contributed by atoms with Crippen LogP contribution >= 0.6 is 22.7 Å². The van der Waals surface area contributed by atoms with Crippen molar-refractivity contribution in [2.24, 2.45) is 0 Å². The van der Waals surface area contributed by atoms with Crippen molar-refractivity contribution in [3.8, 4) is 0 Å². The first-order valence-electron chi connectivity index (χ1n) is 6.61. The summed E-state index contributed by atoms with van der Waals surface area (Å²) in [6.07, 6.45) is 1.06. The molecule has 0 aliphatic rings. The summed E-state index contributed by atoms with van der Waals surface area (Å²) in [5, 5.41) is 5.78. The summed E-state index contributed by atoms with van der Waals surface area (Å²) in [5.74, 6) is 0. The van der Waals surface area contributed by atoms with Crippen molar-refractivity contribution in [3.05, 3.63) is 58.3 Å². The fourth-order valence-corrected chi connectivity index (χ4v) is 4.52. The van der Waals surface area contributed by atoms with Gasteiger partial charge in [-0.05, 0) is 36.0 Å². The van der Waals surface area contributed by atoms with E-state index in [1.165, 1.54) is 19.8 Å². The zero-order valence-electron chi connectivity index (χ0n) is 10.9. The van der Waals surface area contributed by atoms with Crippen LogP contribution in [0.15, 0.2) is 47.8 Å². The summed E-state index contributed by atoms with van der Waals surface area (Å²) in [5.41, 5.74) is 1.39. The molecule has 1 atom stereocenters. The van der Waals surface area contributed by atoms with E-state index in [-0.39, 0.29) is 0 Å². The molecule has 0 bridgehead atoms. The lowest BCUT2D eigenvalue weighted by molar-refractivity contribution is 0.558. The molecule has 0 saturated carbocycles. The van der Waals surface area contributed by atoms with Crippen molar-refractivity contribution in [1.82, 2.24) is 5.32 Å². The number of thiophene rings is 2. The molecule has 3 heteroatoms. The molecule has 0 saturated heterocycles. The van der Waals surface area contributed by atoms with Gasteiger partial charge in [0, 0.05) is 20.3 Å². The Morgan fingerprint density at radius 3 is 2.68 bits per heavy atom. The molecule has 0 amide bonds. The van der Waals surface area contributed by atoms with E-state index >= 15 is 0 Å². The Kier molecular flexibility index (Phi) is 3.97. The van der Waals surface area contributed by atoms with E-state index in [0.717, 1.165) is 13.0 Å². The SMILES string of the molecule is CCNC(Cc1ccccc1)c1cc2sccc2s1. The molecule has 19 heavy (non-hydrogen) atoms. The summed E-state index contributed by atoms with van der Waals surface area (Å²) in [6.45, 7) is 3.18. The quantitative estimate of drug-likeness (QED) is 0.707. The maximum Gasteiger partial charge on any atom is 0.0456 e. The van der Waals surface area contributed by atoms with Gasteiger partial charge in [-0.2, -0.15) is 0 Å². The minimum absolute atomic E-state index is 0.428. The minimum Gasteiger partial charge on any atom is -0.309 e. The zero-order chi connectivity index (χ0) is 13.1. The number of nitrogens with one attached hydrogen (secondary N) is 1. The summed E-state index contributed by atoms with van der Waals surface area (Å²) >= 11 is 3.75. The van der Waals surface area contributed by atoms with Gasteiger partial charge >= 0.3 is 0 Å². The van der Waals surface area contributed by atoms with Crippen LogP contribution in [-0.2, 0) is 6.42 Å². The molecule has 2 aromatic heterocycles. The molecule has 0 spiro atoms. The maximum absolute atomic E-state index is 3.61. The Balaban J connectivity index is 1.86. The molecule has 0 fully saturated rings. The highest BCUT2D eigenvalue weighted by Gasteiger charge is 2.14. The van der Waals surface area contributed by atoms with Crippen LogP contribution in [0.4, 0.5) is 0 Å². The first-order chi connectivity index (χ1) is 9.36. The predicted octanol–water partition coefficient (Wildman–Crippen LogP) is 4.86. The second kappa shape index (κ2) is 5.87. The number of hydrogen-bond donors (Lipinski definition) is 1. The molecule has 2 heterocycles. The molecule has 98 valence electrons. The molecule has 3 aromatic rings. The van der Waals surface area contributed by atoms with E-state index in [2.05, 4.69) is 60.1 Å². The van der Waals surface area contributed by atoms with Crippen LogP contribution in [-0.4, -0.2) is 6.54 Å². The van der Waals surface area contributed by atoms with Gasteiger partial charge in [-0.15, -0.1) is 22.7 Å². The molecular formula is C16H17NS2. The van der Waals surface area contributed by atoms with Crippen molar-refractivity contribution in [2.45, 2.75) is 19.4 Å². The van der Waals surface area contributed by atoms with E-state index in [1.54, 1.807) is 0 Å². The lowest BCUT2D eigenvalue weighted by Gasteiger charge is -2.16. The smallest absolute Gasteiger partial charge is 0.0456 e. The van der Waals surface area contributed by atoms with Crippen molar-refractivity contribution in [2.75, 3.05) is 6.54 Å². The second-order valence-corrected chi connectivity index (χ2v) is 6.66. The maximum atomic E-state index is 3.61. The zero-order valence-corrected chi connectivity index (χ0v) is 12.6. The molecule has 0 aliphatic heterocycles. The number of rotatable bonds is 5. The molecule has 3 rings (SSSR count). The van der Waals surface area contributed by atoms with Gasteiger partial charge in [0.2, 0.25) is 0 Å². The van der Waals surface area contributed by atoms with Crippen LogP contribution in [0.3, 0.4) is 0 Å². The first kappa shape index (κ1) is 12.9. The fraction of sp³-hybridized carbons (Fsp3) is 0.250. The predicted molar refractivity (Wildman–Crippen MR) is 86.3 cm³/mol. The minimum atomic E-state index is 0.428. The van der Waals surface area contributed by atoms with Crippen LogP contribution in [0.25, 0.3) is 9.40 Å². The van der Waals surface area contributed by atoms with Crippen LogP contribution in [0, 0.1) is 0 Å². The van der Waals surface area contributed by atoms with E-state index in [0.29, 0.717) is 6.04 Å². The lowest BCUT2D eigenvalue weighted by Crippen LogP contribution is -2.22. The highest BCUT2D eigenvalue weighted by atomic mass is 32.1. The fourth-order valence-electron chi connectivity index (χ4n) is 2.33. The van der Waals surface area contributed by atoms with E-state index in [1.807, 2.05) is 22.7 Å². The molecule has 1 unspecified atom stereocenters. The van der Waals surface area contributed by atoms with Gasteiger partial charge in [0.25, 0.3) is 0 Å². The number of fused-ring (bicyclic) bond motifs is 1. The summed E-state index contributed by atoms with van der Waals surface area (Å²) in [6, 6.07) is 15.7. The van der Waals surface area contributed by atoms with Gasteiger partial charge in [0.1, 0.15) is 0 Å². The Morgan fingerprint density at radius 1 is 1.11 bits per heavy atom. The first-order valence-corrected chi connectivity index (χ1v) is 8.30. The standard InChI is InChI=1S/C16H17NS2/c1-2-17-13(10-12-6-4-3-5-7-12)15-11-16-14(19-15)8-9-18-16/h3-9,11,13,17H,2,10H2,1H3. The Labute approximate surface area is 121 Å². The molecule has 0 aliphatic carbocycles. The lowest BCUT2D eigenvalue weighted by atomic mass is 10.0. The van der Waals surface area contributed by atoms with Crippen LogP contribution in [0.1, 0.15) is 23.4 Å². The third-order valence-corrected chi connectivity index (χ3v) is 5.44. The number of likely N-dealkylation sites (N-methyl/N-ethyl adjacent to an activating group) is 1. The molecule has 0 radical (unpaired) electrons. The van der Waals surface area contributed by atoms with Crippen LogP contribution in [0.5, 0.6) is 0 Å². The van der Waals surface area contributed by atoms with E-state index < -0.39 is 0 Å². The van der Waals surface area contributed by atoms with Crippen molar-refractivity contribution < 1.29 is 0 Å². The Morgan fingerprint density at radius 2 is 1.95 bits per heavy atom. The molecule has 1 N–H and O–H groups in total. The van der Waals surface area contributed by atoms with Gasteiger partial charge in [-0.3, -0.25) is 0 Å². The van der Waals surface area contributed by atoms with Gasteiger partial charge in [0.15, 0.2) is 0 Å². The van der Waals surface area contributed by atoms with Crippen molar-refractivity contribution in [1.29, 1.82) is 0 Å². The number of benzene rings is 1. The third kappa shape index (κ3) is 2.89. The largest absolute Gasteiger partial charge is 0.309 e. The Hall–Kier alpha value is -1.16. The van der Waals surface area contributed by atoms with Crippen molar-refractivity contribution >= 4 is 32.1 Å². The monoisotopic (exact) mass is 287 g/mol. The van der Waals surface area contributed by atoms with Gasteiger partial charge in [-0.1, -0.05) is 37.3 Å². The second-order valence-electron chi connectivity index (χ2n) is 4.60. The van der Waals surface area contributed by atoms with Crippen LogP contribution < -0.4 is 5.32 Å². The topological polar surface area (TPSA) is 12.0 Å². The van der Waals surface area contributed by atoms with Gasteiger partial charge in [-0.25, -0.2) is 0 Å². The van der Waals surface area contributed by atoms with E-state index in [9.17, 15) is 0 Å². The summed E-state index contributed by atoms with van der Waals surface area (Å²) in [7, 11) is 0. The van der Waals surface area contributed by atoms with Crippen molar-refractivity contribution in [3.63, 3.8) is 0 Å². The molecule has 1 nitrogen and oxygen atoms in total. The third-order valence-electron chi connectivity index (χ3n) is 3.24. The summed E-state index contributed by atoms with van der Waals surface area (Å²) in [4.78, 5) is 1.45. The number of hydrogen-bond acceptors (Lipinski definition) is 3. The Bertz CT molecular complexity index is 610. The highest BCUT2D eigenvalue weighted by molar-refractivity contribution is 7.26. The molecule has 1 aromatic carbocycles. The molecular weight excluding hydrogens is 270 g/mol. The van der Waals surface area contributed by atoms with Gasteiger partial charge in [0.05, 0.1) is 0 Å². The highest BCUT2D eigenvalue weighted by Crippen LogP contribution is 2.34. The van der Waals surface area contributed by atoms with E-state index in [4.69, 9.17) is 0 Å². The average Bonchev–Trinajstić information content (AvgIpc) is 3.00. The average molecular weight is 287 g/mol. The van der Waals surface area contributed by atoms with Gasteiger partial charge < -0.3 is 5.32 Å². The normalized spacial score (nSPS) is 12.9. The van der Waals surface area contributed by atoms with Crippen LogP contribution in [0.2, 0.25) is 0 Å².